The van der Waals surface area contributed by atoms with E-state index in [0.717, 1.165) is 10.5 Å². The van der Waals surface area contributed by atoms with Gasteiger partial charge in [0.25, 0.3) is 0 Å². The van der Waals surface area contributed by atoms with Gasteiger partial charge in [0.15, 0.2) is 0 Å². The van der Waals surface area contributed by atoms with E-state index in [4.69, 9.17) is 0 Å². The minimum Gasteiger partial charge on any atom is -0.332 e. The van der Waals surface area contributed by atoms with Crippen LogP contribution >= 0.6 is 11.8 Å². The maximum absolute atomic E-state index is 14.1. The van der Waals surface area contributed by atoms with Crippen LogP contribution in [0.25, 0.3) is 0 Å². The van der Waals surface area contributed by atoms with Crippen molar-refractivity contribution in [1.82, 2.24) is 9.80 Å². The lowest BCUT2D eigenvalue weighted by molar-refractivity contribution is -0.139. The standard InChI is InChI=1S/C20H20FN3O2S/c1-27-14-5-2-4-13(10-14)22-20(26)23-11-18-16-6-3-7-17(21)15(16)8-9-24(18)19(25)12-23/h2-7,10,18H,8-9,11-12H2,1H3,(H,22,26). The van der Waals surface area contributed by atoms with Crippen molar-refractivity contribution < 1.29 is 14.0 Å². The minimum absolute atomic E-state index is 0.0369. The van der Waals surface area contributed by atoms with E-state index < -0.39 is 0 Å². The van der Waals surface area contributed by atoms with Crippen molar-refractivity contribution >= 4 is 29.4 Å². The summed E-state index contributed by atoms with van der Waals surface area (Å²) in [6.45, 7) is 0.883. The highest BCUT2D eigenvalue weighted by Crippen LogP contribution is 2.34. The number of amides is 3. The van der Waals surface area contributed by atoms with Gasteiger partial charge in [-0.2, -0.15) is 0 Å². The Morgan fingerprint density at radius 3 is 2.89 bits per heavy atom. The first-order valence-corrected chi connectivity index (χ1v) is 10.1. The molecule has 4 rings (SSSR count). The molecular formula is C20H20FN3O2S. The third-order valence-electron chi connectivity index (χ3n) is 5.14. The van der Waals surface area contributed by atoms with Gasteiger partial charge in [-0.15, -0.1) is 11.8 Å². The van der Waals surface area contributed by atoms with Crippen LogP contribution in [0, 0.1) is 5.82 Å². The number of carbonyl (C=O) groups is 2. The Kier molecular flexibility index (Phi) is 4.78. The van der Waals surface area contributed by atoms with Crippen LogP contribution in [0.2, 0.25) is 0 Å². The van der Waals surface area contributed by atoms with Crippen LogP contribution in [0.3, 0.4) is 0 Å². The molecule has 1 atom stereocenters. The molecule has 27 heavy (non-hydrogen) atoms. The van der Waals surface area contributed by atoms with Crippen LogP contribution in [-0.2, 0) is 11.2 Å². The molecule has 3 amide bonds. The van der Waals surface area contributed by atoms with Gasteiger partial charge >= 0.3 is 6.03 Å². The van der Waals surface area contributed by atoms with Crippen molar-refractivity contribution in [1.29, 1.82) is 0 Å². The second kappa shape index (κ2) is 7.23. The molecule has 2 aromatic rings. The van der Waals surface area contributed by atoms with Gasteiger partial charge in [0.2, 0.25) is 5.91 Å². The van der Waals surface area contributed by atoms with E-state index in [1.165, 1.54) is 11.0 Å². The molecule has 7 heteroatoms. The first-order chi connectivity index (χ1) is 13.1. The van der Waals surface area contributed by atoms with Gasteiger partial charge in [-0.25, -0.2) is 9.18 Å². The molecule has 0 radical (unpaired) electrons. The highest BCUT2D eigenvalue weighted by atomic mass is 32.2. The van der Waals surface area contributed by atoms with Crippen molar-refractivity contribution in [3.8, 4) is 0 Å². The topological polar surface area (TPSA) is 52.7 Å². The van der Waals surface area contributed by atoms with E-state index in [2.05, 4.69) is 5.32 Å². The molecule has 140 valence electrons. The van der Waals surface area contributed by atoms with Crippen LogP contribution in [0.5, 0.6) is 0 Å². The average molecular weight is 385 g/mol. The summed E-state index contributed by atoms with van der Waals surface area (Å²) in [7, 11) is 0. The summed E-state index contributed by atoms with van der Waals surface area (Å²) in [4.78, 5) is 29.6. The summed E-state index contributed by atoms with van der Waals surface area (Å²) in [6, 6.07) is 11.9. The van der Waals surface area contributed by atoms with Crippen LogP contribution in [0.15, 0.2) is 47.4 Å². The van der Waals surface area contributed by atoms with E-state index in [-0.39, 0.29) is 30.3 Å². The molecule has 1 fully saturated rings. The Balaban J connectivity index is 1.55. The average Bonchev–Trinajstić information content (AvgIpc) is 2.68. The zero-order valence-electron chi connectivity index (χ0n) is 14.9. The Morgan fingerprint density at radius 1 is 1.26 bits per heavy atom. The molecule has 2 aliphatic heterocycles. The van der Waals surface area contributed by atoms with Crippen LogP contribution in [-0.4, -0.2) is 47.6 Å². The molecule has 5 nitrogen and oxygen atoms in total. The van der Waals surface area contributed by atoms with Gasteiger partial charge in [0.05, 0.1) is 6.04 Å². The quantitative estimate of drug-likeness (QED) is 0.805. The van der Waals surface area contributed by atoms with E-state index in [0.29, 0.717) is 30.8 Å². The number of fused-ring (bicyclic) bond motifs is 3. The summed E-state index contributed by atoms with van der Waals surface area (Å²) >= 11 is 1.59. The van der Waals surface area contributed by atoms with Gasteiger partial charge in [0, 0.05) is 23.7 Å². The normalized spacial score (nSPS) is 18.7. The second-order valence-electron chi connectivity index (χ2n) is 6.70. The van der Waals surface area contributed by atoms with Gasteiger partial charge < -0.3 is 15.1 Å². The Hall–Kier alpha value is -2.54. The number of halogens is 1. The first kappa shape index (κ1) is 17.9. The van der Waals surface area contributed by atoms with Crippen molar-refractivity contribution in [2.24, 2.45) is 0 Å². The highest BCUT2D eigenvalue weighted by molar-refractivity contribution is 7.98. The lowest BCUT2D eigenvalue weighted by Crippen LogP contribution is -2.56. The van der Waals surface area contributed by atoms with E-state index >= 15 is 0 Å². The fourth-order valence-electron chi connectivity index (χ4n) is 3.79. The lowest BCUT2D eigenvalue weighted by Gasteiger charge is -2.44. The number of piperazine rings is 1. The Morgan fingerprint density at radius 2 is 2.07 bits per heavy atom. The molecule has 2 aromatic carbocycles. The summed E-state index contributed by atoms with van der Waals surface area (Å²) in [5.41, 5.74) is 2.15. The third-order valence-corrected chi connectivity index (χ3v) is 5.87. The van der Waals surface area contributed by atoms with Crippen molar-refractivity contribution in [2.45, 2.75) is 17.4 Å². The zero-order chi connectivity index (χ0) is 19.0. The first-order valence-electron chi connectivity index (χ1n) is 8.83. The number of benzene rings is 2. The largest absolute Gasteiger partial charge is 0.332 e. The molecule has 0 spiro atoms. The number of hydrogen-bond acceptors (Lipinski definition) is 3. The van der Waals surface area contributed by atoms with Gasteiger partial charge in [0.1, 0.15) is 12.4 Å². The maximum Gasteiger partial charge on any atom is 0.322 e. The smallest absolute Gasteiger partial charge is 0.322 e. The SMILES string of the molecule is CSc1cccc(NC(=O)N2CC(=O)N3CCc4c(F)cccc4C3C2)c1. The molecule has 0 aromatic heterocycles. The van der Waals surface area contributed by atoms with Crippen molar-refractivity contribution in [3.05, 3.63) is 59.4 Å². The Labute approximate surface area is 161 Å². The van der Waals surface area contributed by atoms with Crippen LogP contribution < -0.4 is 5.32 Å². The predicted molar refractivity (Wildman–Crippen MR) is 103 cm³/mol. The van der Waals surface area contributed by atoms with E-state index in [9.17, 15) is 14.0 Å². The van der Waals surface area contributed by atoms with Gasteiger partial charge in [-0.05, 0) is 48.1 Å². The molecule has 2 aliphatic rings. The molecule has 2 heterocycles. The molecule has 1 saturated heterocycles. The molecule has 0 bridgehead atoms. The van der Waals surface area contributed by atoms with Gasteiger partial charge in [-0.3, -0.25) is 4.79 Å². The van der Waals surface area contributed by atoms with E-state index in [1.807, 2.05) is 36.6 Å². The molecule has 1 N–H and O–H groups in total. The Bertz CT molecular complexity index is 905. The van der Waals surface area contributed by atoms with E-state index in [1.54, 1.807) is 22.7 Å². The number of urea groups is 1. The molecule has 1 unspecified atom stereocenters. The molecular weight excluding hydrogens is 365 g/mol. The van der Waals surface area contributed by atoms with Crippen molar-refractivity contribution in [2.75, 3.05) is 31.2 Å². The zero-order valence-corrected chi connectivity index (χ0v) is 15.8. The fraction of sp³-hybridized carbons (Fsp3) is 0.300. The minimum atomic E-state index is -0.315. The van der Waals surface area contributed by atoms with Gasteiger partial charge in [-0.1, -0.05) is 18.2 Å². The van der Waals surface area contributed by atoms with Crippen LogP contribution in [0.4, 0.5) is 14.9 Å². The van der Waals surface area contributed by atoms with Crippen molar-refractivity contribution in [3.63, 3.8) is 0 Å². The van der Waals surface area contributed by atoms with Crippen LogP contribution in [0.1, 0.15) is 17.2 Å². The summed E-state index contributed by atoms with van der Waals surface area (Å²) < 4.78 is 14.1. The number of thioether (sulfide) groups is 1. The lowest BCUT2D eigenvalue weighted by atomic mass is 9.90. The number of hydrogen-bond donors (Lipinski definition) is 1. The summed E-state index contributed by atoms with van der Waals surface area (Å²) in [5.74, 6) is -0.343. The summed E-state index contributed by atoms with van der Waals surface area (Å²) in [5, 5.41) is 2.87. The number of nitrogens with zero attached hydrogens (tertiary/aromatic N) is 2. The number of carbonyl (C=O) groups excluding carboxylic acids is 2. The monoisotopic (exact) mass is 385 g/mol. The second-order valence-corrected chi connectivity index (χ2v) is 7.58. The highest BCUT2D eigenvalue weighted by Gasteiger charge is 2.39. The molecule has 0 aliphatic carbocycles. The number of rotatable bonds is 2. The third kappa shape index (κ3) is 3.39. The summed E-state index contributed by atoms with van der Waals surface area (Å²) in [6.07, 6.45) is 2.48. The molecule has 0 saturated carbocycles. The maximum atomic E-state index is 14.1. The number of anilines is 1. The predicted octanol–water partition coefficient (Wildman–Crippen LogP) is 3.52. The fourth-order valence-corrected chi connectivity index (χ4v) is 4.25. The number of nitrogens with one attached hydrogen (secondary N) is 1.